The Kier molecular flexibility index (Phi) is 4.49. The summed E-state index contributed by atoms with van der Waals surface area (Å²) in [5.41, 5.74) is 0.913. The molecule has 0 atom stereocenters. The van der Waals surface area contributed by atoms with Crippen molar-refractivity contribution in [3.05, 3.63) is 36.7 Å². The van der Waals surface area contributed by atoms with Crippen LogP contribution in [0.1, 0.15) is 19.3 Å². The lowest BCUT2D eigenvalue weighted by atomic mass is 10.2. The smallest absolute Gasteiger partial charge is 0.335 e. The van der Waals surface area contributed by atoms with Crippen LogP contribution in [-0.2, 0) is 4.79 Å². The maximum absolute atomic E-state index is 10.3. The van der Waals surface area contributed by atoms with Gasteiger partial charge in [-0.25, -0.2) is 4.68 Å². The minimum atomic E-state index is -0.786. The second kappa shape index (κ2) is 6.53. The zero-order valence-corrected chi connectivity index (χ0v) is 10.4. The van der Waals surface area contributed by atoms with E-state index in [9.17, 15) is 4.79 Å². The Morgan fingerprint density at radius 3 is 2.79 bits per heavy atom. The molecule has 19 heavy (non-hydrogen) atoms. The number of benzene rings is 1. The van der Waals surface area contributed by atoms with Crippen LogP contribution in [0, 0.1) is 0 Å². The summed E-state index contributed by atoms with van der Waals surface area (Å²) >= 11 is 0. The molecule has 0 aliphatic heterocycles. The van der Waals surface area contributed by atoms with Gasteiger partial charge in [-0.05, 0) is 25.0 Å². The van der Waals surface area contributed by atoms with Gasteiger partial charge in [0.05, 0.1) is 12.3 Å². The first-order chi connectivity index (χ1) is 9.25. The molecule has 6 heteroatoms. The summed E-state index contributed by atoms with van der Waals surface area (Å²) in [5.74, 6) is -0.786. The Hall–Kier alpha value is -2.37. The van der Waals surface area contributed by atoms with Gasteiger partial charge in [0.1, 0.15) is 6.33 Å². The van der Waals surface area contributed by atoms with E-state index in [0.29, 0.717) is 25.5 Å². The number of aromatic nitrogens is 3. The Morgan fingerprint density at radius 1 is 1.26 bits per heavy atom. The number of para-hydroxylation sites is 1. The van der Waals surface area contributed by atoms with Crippen molar-refractivity contribution in [1.29, 1.82) is 0 Å². The average Bonchev–Trinajstić information content (AvgIpc) is 2.88. The van der Waals surface area contributed by atoms with Crippen molar-refractivity contribution >= 4 is 5.97 Å². The van der Waals surface area contributed by atoms with E-state index in [1.54, 1.807) is 11.0 Å². The van der Waals surface area contributed by atoms with Crippen LogP contribution in [0.25, 0.3) is 5.69 Å². The number of carboxylic acid groups (broad SMARTS) is 1. The molecule has 0 spiro atoms. The van der Waals surface area contributed by atoms with Gasteiger partial charge in [0.15, 0.2) is 0 Å². The summed E-state index contributed by atoms with van der Waals surface area (Å²) in [6, 6.07) is 9.92. The van der Waals surface area contributed by atoms with E-state index in [-0.39, 0.29) is 6.42 Å². The van der Waals surface area contributed by atoms with Crippen LogP contribution in [0.15, 0.2) is 36.7 Å². The molecule has 1 N–H and O–H groups in total. The molecule has 0 fully saturated rings. The topological polar surface area (TPSA) is 77.2 Å². The lowest BCUT2D eigenvalue weighted by Crippen LogP contribution is -2.02. The van der Waals surface area contributed by atoms with Gasteiger partial charge in [-0.2, -0.15) is 4.98 Å². The third-order valence-electron chi connectivity index (χ3n) is 2.51. The molecular weight excluding hydrogens is 246 g/mol. The second-order valence-corrected chi connectivity index (χ2v) is 4.01. The summed E-state index contributed by atoms with van der Waals surface area (Å²) in [5, 5.41) is 12.7. The second-order valence-electron chi connectivity index (χ2n) is 4.01. The van der Waals surface area contributed by atoms with Gasteiger partial charge >= 0.3 is 12.0 Å². The Bertz CT molecular complexity index is 525. The van der Waals surface area contributed by atoms with Crippen LogP contribution < -0.4 is 4.74 Å². The predicted molar refractivity (Wildman–Crippen MR) is 68.3 cm³/mol. The highest BCUT2D eigenvalue weighted by Gasteiger charge is 2.03. The largest absolute Gasteiger partial charge is 0.481 e. The van der Waals surface area contributed by atoms with E-state index in [4.69, 9.17) is 9.84 Å². The summed E-state index contributed by atoms with van der Waals surface area (Å²) in [4.78, 5) is 14.4. The Labute approximate surface area is 110 Å². The van der Waals surface area contributed by atoms with E-state index in [0.717, 1.165) is 5.69 Å². The number of hydrogen-bond donors (Lipinski definition) is 1. The number of nitrogens with zero attached hydrogens (tertiary/aromatic N) is 3. The molecule has 0 saturated heterocycles. The maximum Gasteiger partial charge on any atom is 0.335 e. The highest BCUT2D eigenvalue weighted by atomic mass is 16.5. The van der Waals surface area contributed by atoms with E-state index in [2.05, 4.69) is 10.1 Å². The first-order valence-electron chi connectivity index (χ1n) is 6.07. The van der Waals surface area contributed by atoms with Crippen molar-refractivity contribution in [3.8, 4) is 11.7 Å². The summed E-state index contributed by atoms with van der Waals surface area (Å²) in [7, 11) is 0. The monoisotopic (exact) mass is 261 g/mol. The van der Waals surface area contributed by atoms with Crippen LogP contribution in [0.5, 0.6) is 6.01 Å². The standard InChI is InChI=1S/C13H15N3O3/c17-12(18)8-4-5-9-19-13-14-10-16(15-13)11-6-2-1-3-7-11/h1-3,6-7,10H,4-5,8-9H2,(H,17,18). The molecule has 2 aromatic rings. The van der Waals surface area contributed by atoms with Gasteiger partial charge < -0.3 is 9.84 Å². The molecule has 0 saturated carbocycles. The number of unbranched alkanes of at least 4 members (excludes halogenated alkanes) is 1. The molecular formula is C13H15N3O3. The van der Waals surface area contributed by atoms with Crippen molar-refractivity contribution in [3.63, 3.8) is 0 Å². The molecule has 0 aliphatic carbocycles. The molecule has 1 heterocycles. The Morgan fingerprint density at radius 2 is 2.05 bits per heavy atom. The fraction of sp³-hybridized carbons (Fsp3) is 0.308. The molecule has 100 valence electrons. The van der Waals surface area contributed by atoms with Crippen LogP contribution in [0.2, 0.25) is 0 Å². The van der Waals surface area contributed by atoms with Crippen molar-refractivity contribution in [1.82, 2.24) is 14.8 Å². The molecule has 0 unspecified atom stereocenters. The lowest BCUT2D eigenvalue weighted by Gasteiger charge is -2.00. The third kappa shape index (κ3) is 4.09. The van der Waals surface area contributed by atoms with Crippen molar-refractivity contribution in [2.24, 2.45) is 0 Å². The summed E-state index contributed by atoms with van der Waals surface area (Å²) < 4.78 is 6.99. The molecule has 0 radical (unpaired) electrons. The van der Waals surface area contributed by atoms with Crippen molar-refractivity contribution in [2.75, 3.05) is 6.61 Å². The maximum atomic E-state index is 10.3. The van der Waals surface area contributed by atoms with Crippen molar-refractivity contribution < 1.29 is 14.6 Å². The fourth-order valence-corrected chi connectivity index (χ4v) is 1.56. The average molecular weight is 261 g/mol. The first kappa shape index (κ1) is 13.1. The van der Waals surface area contributed by atoms with Gasteiger partial charge in [0.25, 0.3) is 0 Å². The van der Waals surface area contributed by atoms with Crippen LogP contribution in [-0.4, -0.2) is 32.4 Å². The lowest BCUT2D eigenvalue weighted by molar-refractivity contribution is -0.137. The van der Waals surface area contributed by atoms with Gasteiger partial charge in [0, 0.05) is 6.42 Å². The Balaban J connectivity index is 1.80. The fourth-order valence-electron chi connectivity index (χ4n) is 1.56. The van der Waals surface area contributed by atoms with Gasteiger partial charge in [-0.3, -0.25) is 4.79 Å². The number of aliphatic carboxylic acids is 1. The van der Waals surface area contributed by atoms with Gasteiger partial charge in [-0.1, -0.05) is 18.2 Å². The minimum absolute atomic E-state index is 0.162. The zero-order valence-electron chi connectivity index (χ0n) is 10.4. The highest BCUT2D eigenvalue weighted by molar-refractivity contribution is 5.66. The number of ether oxygens (including phenoxy) is 1. The van der Waals surface area contributed by atoms with E-state index in [1.807, 2.05) is 30.3 Å². The number of carbonyl (C=O) groups is 1. The van der Waals surface area contributed by atoms with Gasteiger partial charge in [0.2, 0.25) is 0 Å². The minimum Gasteiger partial charge on any atom is -0.481 e. The zero-order chi connectivity index (χ0) is 13.5. The van der Waals surface area contributed by atoms with Crippen molar-refractivity contribution in [2.45, 2.75) is 19.3 Å². The number of rotatable bonds is 7. The van der Waals surface area contributed by atoms with E-state index >= 15 is 0 Å². The first-order valence-corrected chi connectivity index (χ1v) is 6.07. The number of carboxylic acids is 1. The molecule has 0 aliphatic rings. The molecule has 1 aromatic carbocycles. The molecule has 0 bridgehead atoms. The van der Waals surface area contributed by atoms with E-state index < -0.39 is 5.97 Å². The van der Waals surface area contributed by atoms with Crippen LogP contribution >= 0.6 is 0 Å². The van der Waals surface area contributed by atoms with Gasteiger partial charge in [-0.15, -0.1) is 5.10 Å². The predicted octanol–water partition coefficient (Wildman–Crippen LogP) is 1.90. The van der Waals surface area contributed by atoms with Crippen LogP contribution in [0.4, 0.5) is 0 Å². The molecule has 0 amide bonds. The third-order valence-corrected chi connectivity index (χ3v) is 2.51. The molecule has 2 rings (SSSR count). The normalized spacial score (nSPS) is 10.3. The highest BCUT2D eigenvalue weighted by Crippen LogP contribution is 2.08. The quantitative estimate of drug-likeness (QED) is 0.770. The molecule has 6 nitrogen and oxygen atoms in total. The SMILES string of the molecule is O=C(O)CCCCOc1ncn(-c2ccccc2)n1. The van der Waals surface area contributed by atoms with Crippen LogP contribution in [0.3, 0.4) is 0 Å². The summed E-state index contributed by atoms with van der Waals surface area (Å²) in [6.07, 6.45) is 3.01. The molecule has 1 aromatic heterocycles. The number of hydrogen-bond acceptors (Lipinski definition) is 4. The van der Waals surface area contributed by atoms with E-state index in [1.165, 1.54) is 0 Å². The summed E-state index contributed by atoms with van der Waals surface area (Å²) in [6.45, 7) is 0.423.